The third-order valence-electron chi connectivity index (χ3n) is 5.88. The van der Waals surface area contributed by atoms with Gasteiger partial charge in [-0.1, -0.05) is 43.7 Å². The zero-order valence-electron chi connectivity index (χ0n) is 17.6. The Kier molecular flexibility index (Phi) is 6.15. The van der Waals surface area contributed by atoms with E-state index in [2.05, 4.69) is 13.8 Å². The van der Waals surface area contributed by atoms with Crippen molar-refractivity contribution in [2.24, 2.45) is 0 Å². The first-order valence-corrected chi connectivity index (χ1v) is 11.6. The van der Waals surface area contributed by atoms with Crippen molar-refractivity contribution in [2.45, 2.75) is 49.7 Å². The number of carbonyl (C=O) groups is 1. The second kappa shape index (κ2) is 8.28. The third-order valence-corrected chi connectivity index (χ3v) is 7.58. The number of anilines is 1. The maximum absolute atomic E-state index is 12.9. The number of ether oxygens (including phenoxy) is 1. The van der Waals surface area contributed by atoms with E-state index in [4.69, 9.17) is 4.74 Å². The molecule has 6 heteroatoms. The molecule has 0 saturated heterocycles. The molecule has 2 aromatic carbocycles. The smallest absolute Gasteiger partial charge is 0.227 e. The minimum Gasteiger partial charge on any atom is -0.383 e. The lowest BCUT2D eigenvalue weighted by Gasteiger charge is -2.40. The largest absolute Gasteiger partial charge is 0.383 e. The van der Waals surface area contributed by atoms with Gasteiger partial charge < -0.3 is 9.64 Å². The average molecular weight is 416 g/mol. The fourth-order valence-corrected chi connectivity index (χ4v) is 5.18. The van der Waals surface area contributed by atoms with Gasteiger partial charge in [0.1, 0.15) is 0 Å². The van der Waals surface area contributed by atoms with Crippen LogP contribution in [0.25, 0.3) is 0 Å². The summed E-state index contributed by atoms with van der Waals surface area (Å²) >= 11 is 0. The molecule has 0 fully saturated rings. The Morgan fingerprint density at radius 1 is 1.14 bits per heavy atom. The maximum atomic E-state index is 12.9. The van der Waals surface area contributed by atoms with Crippen LogP contribution in [0, 0.1) is 6.92 Å². The van der Waals surface area contributed by atoms with Crippen LogP contribution in [0.5, 0.6) is 0 Å². The molecule has 1 atom stereocenters. The molecule has 0 aliphatic carbocycles. The molecule has 0 radical (unpaired) electrons. The lowest BCUT2D eigenvalue weighted by molar-refractivity contribution is -0.120. The van der Waals surface area contributed by atoms with Crippen LogP contribution in [0.1, 0.15) is 43.4 Å². The summed E-state index contributed by atoms with van der Waals surface area (Å²) in [5, 5.41) is 0. The summed E-state index contributed by atoms with van der Waals surface area (Å²) in [7, 11) is -1.82. The van der Waals surface area contributed by atoms with Crippen LogP contribution >= 0.6 is 0 Å². The second-order valence-electron chi connectivity index (χ2n) is 8.05. The van der Waals surface area contributed by atoms with Crippen LogP contribution in [-0.4, -0.2) is 34.6 Å². The first kappa shape index (κ1) is 21.5. The normalized spacial score (nSPS) is 19.3. The molecule has 0 N–H and O–H groups in total. The highest BCUT2D eigenvalue weighted by molar-refractivity contribution is 7.90. The first-order valence-electron chi connectivity index (χ1n) is 9.92. The second-order valence-corrected chi connectivity index (χ2v) is 10.0. The van der Waals surface area contributed by atoms with Gasteiger partial charge in [0.2, 0.25) is 5.91 Å². The van der Waals surface area contributed by atoms with E-state index in [1.165, 1.54) is 0 Å². The summed E-state index contributed by atoms with van der Waals surface area (Å²) in [6.45, 7) is 7.02. The van der Waals surface area contributed by atoms with Crippen LogP contribution in [0.4, 0.5) is 5.69 Å². The van der Waals surface area contributed by atoms with Crippen molar-refractivity contribution >= 4 is 21.4 Å². The molecule has 0 bridgehead atoms. The van der Waals surface area contributed by atoms with Gasteiger partial charge in [0.05, 0.1) is 17.3 Å². The summed E-state index contributed by atoms with van der Waals surface area (Å²) < 4.78 is 30.9. The molecule has 1 heterocycles. The topological polar surface area (TPSA) is 63.7 Å². The van der Waals surface area contributed by atoms with Crippen molar-refractivity contribution in [3.05, 3.63) is 59.2 Å². The summed E-state index contributed by atoms with van der Waals surface area (Å²) in [4.78, 5) is 14.8. The van der Waals surface area contributed by atoms with Gasteiger partial charge >= 0.3 is 0 Å². The van der Waals surface area contributed by atoms with Gasteiger partial charge in [-0.15, -0.1) is 0 Å². The number of aryl methyl sites for hydroxylation is 1. The minimum absolute atomic E-state index is 0.0604. The number of amides is 1. The minimum atomic E-state index is -3.44. The van der Waals surface area contributed by atoms with E-state index in [-0.39, 0.29) is 17.1 Å². The van der Waals surface area contributed by atoms with E-state index in [1.807, 2.05) is 37.3 Å². The summed E-state index contributed by atoms with van der Waals surface area (Å²) in [5.74, 6) is 0.0220. The zero-order valence-corrected chi connectivity index (χ0v) is 18.4. The number of fused-ring (bicyclic) bond motifs is 1. The van der Waals surface area contributed by atoms with Gasteiger partial charge in [-0.2, -0.15) is 0 Å². The standard InChI is InChI=1S/C23H29NO4S/c1-5-23(3)15-22(25)24(12-13-28-4)21-11-8-18(14-20(21)23)16-29(26,27)19-9-6-17(2)7-10-19/h6-11,14H,5,12-13,15-16H2,1-4H3. The van der Waals surface area contributed by atoms with E-state index in [1.54, 1.807) is 24.1 Å². The van der Waals surface area contributed by atoms with E-state index < -0.39 is 9.84 Å². The van der Waals surface area contributed by atoms with Gasteiger partial charge in [-0.05, 0) is 42.7 Å². The molecule has 29 heavy (non-hydrogen) atoms. The van der Waals surface area contributed by atoms with Crippen molar-refractivity contribution < 1.29 is 17.9 Å². The molecule has 156 valence electrons. The molecule has 0 aromatic heterocycles. The van der Waals surface area contributed by atoms with E-state index in [9.17, 15) is 13.2 Å². The predicted molar refractivity (Wildman–Crippen MR) is 115 cm³/mol. The highest BCUT2D eigenvalue weighted by atomic mass is 32.2. The van der Waals surface area contributed by atoms with Crippen molar-refractivity contribution in [3.8, 4) is 0 Å². The number of carbonyl (C=O) groups excluding carboxylic acids is 1. The first-order chi connectivity index (χ1) is 13.7. The lowest BCUT2D eigenvalue weighted by atomic mass is 9.73. The SMILES string of the molecule is CCC1(C)CC(=O)N(CCOC)c2ccc(CS(=O)(=O)c3ccc(C)cc3)cc21. The number of sulfone groups is 1. The number of hydrogen-bond donors (Lipinski definition) is 0. The number of rotatable bonds is 7. The van der Waals surface area contributed by atoms with Gasteiger partial charge in [-0.25, -0.2) is 8.42 Å². The molecule has 5 nitrogen and oxygen atoms in total. The van der Waals surface area contributed by atoms with E-state index in [0.717, 1.165) is 28.8 Å². The monoisotopic (exact) mass is 415 g/mol. The molecule has 1 aliphatic heterocycles. The molecule has 1 unspecified atom stereocenters. The highest BCUT2D eigenvalue weighted by Crippen LogP contribution is 2.43. The Balaban J connectivity index is 1.98. The van der Waals surface area contributed by atoms with Crippen LogP contribution in [0.3, 0.4) is 0 Å². The van der Waals surface area contributed by atoms with Gasteiger partial charge in [-0.3, -0.25) is 4.79 Å². The predicted octanol–water partition coefficient (Wildman–Crippen LogP) is 4.02. The fraction of sp³-hybridized carbons (Fsp3) is 0.435. The Morgan fingerprint density at radius 2 is 1.83 bits per heavy atom. The number of nitrogens with zero attached hydrogens (tertiary/aromatic N) is 1. The van der Waals surface area contributed by atoms with Crippen LogP contribution < -0.4 is 4.90 Å². The van der Waals surface area contributed by atoms with Gasteiger partial charge in [0.15, 0.2) is 9.84 Å². The fourth-order valence-electron chi connectivity index (χ4n) is 3.84. The molecular weight excluding hydrogens is 386 g/mol. The lowest BCUT2D eigenvalue weighted by Crippen LogP contribution is -2.44. The van der Waals surface area contributed by atoms with Gasteiger partial charge in [0.25, 0.3) is 0 Å². The van der Waals surface area contributed by atoms with Crippen LogP contribution in [0.2, 0.25) is 0 Å². The van der Waals surface area contributed by atoms with E-state index in [0.29, 0.717) is 24.5 Å². The number of methoxy groups -OCH3 is 1. The molecule has 1 aliphatic rings. The molecule has 3 rings (SSSR count). The summed E-state index contributed by atoms with van der Waals surface area (Å²) in [5.41, 5.74) is 3.35. The molecule has 0 spiro atoms. The highest BCUT2D eigenvalue weighted by Gasteiger charge is 2.38. The Labute approximate surface area is 173 Å². The summed E-state index contributed by atoms with van der Waals surface area (Å²) in [6.07, 6.45) is 1.21. The molecule has 0 saturated carbocycles. The van der Waals surface area contributed by atoms with Crippen molar-refractivity contribution in [1.82, 2.24) is 0 Å². The van der Waals surface area contributed by atoms with Crippen molar-refractivity contribution in [1.29, 1.82) is 0 Å². The Bertz CT molecular complexity index is 998. The molecule has 1 amide bonds. The van der Waals surface area contributed by atoms with Gasteiger partial charge in [0, 0.05) is 31.2 Å². The quantitative estimate of drug-likeness (QED) is 0.685. The summed E-state index contributed by atoms with van der Waals surface area (Å²) in [6, 6.07) is 12.6. The van der Waals surface area contributed by atoms with Crippen LogP contribution in [0.15, 0.2) is 47.4 Å². The number of hydrogen-bond acceptors (Lipinski definition) is 4. The average Bonchev–Trinajstić information content (AvgIpc) is 2.68. The Morgan fingerprint density at radius 3 is 2.45 bits per heavy atom. The number of benzene rings is 2. The third kappa shape index (κ3) is 4.38. The molecule has 2 aromatic rings. The maximum Gasteiger partial charge on any atom is 0.227 e. The van der Waals surface area contributed by atoms with Crippen molar-refractivity contribution in [2.75, 3.05) is 25.2 Å². The Hall–Kier alpha value is -2.18. The van der Waals surface area contributed by atoms with Crippen molar-refractivity contribution in [3.63, 3.8) is 0 Å². The van der Waals surface area contributed by atoms with Crippen LogP contribution in [-0.2, 0) is 30.5 Å². The zero-order chi connectivity index (χ0) is 21.2. The molecular formula is C23H29NO4S. The van der Waals surface area contributed by atoms with E-state index >= 15 is 0 Å².